The molecular weight excluding hydrogens is 350 g/mol. The van der Waals surface area contributed by atoms with Gasteiger partial charge in [0.2, 0.25) is 0 Å². The van der Waals surface area contributed by atoms with Gasteiger partial charge in [0.1, 0.15) is 5.69 Å². The molecule has 3 rings (SSSR count). The van der Waals surface area contributed by atoms with Gasteiger partial charge < -0.3 is 15.4 Å². The van der Waals surface area contributed by atoms with Gasteiger partial charge in [-0.3, -0.25) is 14.9 Å². The van der Waals surface area contributed by atoms with Crippen molar-refractivity contribution < 1.29 is 19.2 Å². The number of carbonyl (C=O) groups is 2. The Morgan fingerprint density at radius 3 is 2.52 bits per heavy atom. The number of esters is 1. The molecule has 2 aromatic rings. The quantitative estimate of drug-likeness (QED) is 0.441. The zero-order chi connectivity index (χ0) is 19.4. The molecule has 1 amide bonds. The first-order chi connectivity index (χ1) is 12.9. The van der Waals surface area contributed by atoms with E-state index in [0.717, 1.165) is 18.9 Å². The summed E-state index contributed by atoms with van der Waals surface area (Å²) in [5.41, 5.74) is 0.679. The van der Waals surface area contributed by atoms with Crippen LogP contribution in [0, 0.1) is 10.1 Å². The molecular formula is C19H19N3O5. The highest BCUT2D eigenvalue weighted by Crippen LogP contribution is 2.29. The van der Waals surface area contributed by atoms with Crippen LogP contribution in [0.3, 0.4) is 0 Å². The van der Waals surface area contributed by atoms with E-state index in [2.05, 4.69) is 10.6 Å². The number of hydrogen-bond acceptors (Lipinski definition) is 6. The average molecular weight is 369 g/mol. The summed E-state index contributed by atoms with van der Waals surface area (Å²) in [6.45, 7) is 1.47. The maximum absolute atomic E-state index is 12.3. The van der Waals surface area contributed by atoms with Gasteiger partial charge in [0, 0.05) is 17.8 Å². The molecule has 27 heavy (non-hydrogen) atoms. The Balaban J connectivity index is 1.73. The van der Waals surface area contributed by atoms with E-state index in [1.165, 1.54) is 19.1 Å². The van der Waals surface area contributed by atoms with Crippen molar-refractivity contribution in [1.29, 1.82) is 0 Å². The molecule has 0 radical (unpaired) electrons. The van der Waals surface area contributed by atoms with Gasteiger partial charge in [-0.25, -0.2) is 4.79 Å². The zero-order valence-electron chi connectivity index (χ0n) is 14.7. The first-order valence-electron chi connectivity index (χ1n) is 8.56. The van der Waals surface area contributed by atoms with E-state index >= 15 is 0 Å². The van der Waals surface area contributed by atoms with Crippen LogP contribution in [0.5, 0.6) is 0 Å². The fourth-order valence-corrected chi connectivity index (χ4v) is 2.42. The Kier molecular flexibility index (Phi) is 5.35. The molecule has 1 atom stereocenters. The molecule has 1 fully saturated rings. The van der Waals surface area contributed by atoms with Crippen molar-refractivity contribution in [2.45, 2.75) is 31.9 Å². The van der Waals surface area contributed by atoms with Crippen molar-refractivity contribution in [1.82, 2.24) is 5.32 Å². The highest BCUT2D eigenvalue weighted by Gasteiger charge is 2.28. The smallest absolute Gasteiger partial charge is 0.339 e. The standard InChI is InChI=1S/C19H19N3O5/c1-12(18(23)21-15-8-9-15)27-19(24)13-7-10-16(17(11-13)22(25)26)20-14-5-3-2-4-6-14/h2-7,10-12,15,20H,8-9H2,1H3,(H,21,23)/t12-/m0/s1. The lowest BCUT2D eigenvalue weighted by Crippen LogP contribution is -2.37. The molecule has 140 valence electrons. The van der Waals surface area contributed by atoms with E-state index in [1.54, 1.807) is 24.3 Å². The summed E-state index contributed by atoms with van der Waals surface area (Å²) < 4.78 is 5.13. The third kappa shape index (κ3) is 4.81. The summed E-state index contributed by atoms with van der Waals surface area (Å²) in [5.74, 6) is -1.16. The Bertz CT molecular complexity index is 865. The normalized spacial score (nSPS) is 14.1. The molecule has 0 bridgehead atoms. The second-order valence-corrected chi connectivity index (χ2v) is 6.31. The monoisotopic (exact) mass is 369 g/mol. The minimum Gasteiger partial charge on any atom is -0.449 e. The number of rotatable bonds is 7. The van der Waals surface area contributed by atoms with Crippen LogP contribution in [-0.2, 0) is 9.53 Å². The maximum Gasteiger partial charge on any atom is 0.339 e. The van der Waals surface area contributed by atoms with E-state index in [-0.39, 0.29) is 28.9 Å². The van der Waals surface area contributed by atoms with Gasteiger partial charge in [-0.2, -0.15) is 0 Å². The Labute approximate surface area is 155 Å². The molecule has 2 aromatic carbocycles. The molecule has 0 aromatic heterocycles. The van der Waals surface area contributed by atoms with Crippen molar-refractivity contribution in [2.75, 3.05) is 5.32 Å². The van der Waals surface area contributed by atoms with E-state index in [1.807, 2.05) is 6.07 Å². The SMILES string of the molecule is C[C@H](OC(=O)c1ccc(Nc2ccccc2)c([N+](=O)[O-])c1)C(=O)NC1CC1. The maximum atomic E-state index is 12.3. The Morgan fingerprint density at radius 2 is 1.89 bits per heavy atom. The van der Waals surface area contributed by atoms with Gasteiger partial charge >= 0.3 is 5.97 Å². The average Bonchev–Trinajstić information content (AvgIpc) is 3.46. The van der Waals surface area contributed by atoms with Crippen molar-refractivity contribution in [3.8, 4) is 0 Å². The number of nitro groups is 1. The molecule has 1 saturated carbocycles. The van der Waals surface area contributed by atoms with Crippen molar-refractivity contribution >= 4 is 28.9 Å². The summed E-state index contributed by atoms with van der Waals surface area (Å²) in [6.07, 6.45) is 0.877. The summed E-state index contributed by atoms with van der Waals surface area (Å²) in [4.78, 5) is 35.0. The van der Waals surface area contributed by atoms with Crippen molar-refractivity contribution in [2.24, 2.45) is 0 Å². The molecule has 1 aliphatic rings. The summed E-state index contributed by atoms with van der Waals surface area (Å²) in [6, 6.07) is 13.1. The number of carbonyl (C=O) groups excluding carboxylic acids is 2. The lowest BCUT2D eigenvalue weighted by molar-refractivity contribution is -0.383. The number of amides is 1. The highest BCUT2D eigenvalue weighted by molar-refractivity contribution is 5.94. The second kappa shape index (κ2) is 7.86. The number of para-hydroxylation sites is 1. The molecule has 0 unspecified atom stereocenters. The second-order valence-electron chi connectivity index (χ2n) is 6.31. The molecule has 1 aliphatic carbocycles. The fraction of sp³-hybridized carbons (Fsp3) is 0.263. The molecule has 0 spiro atoms. The highest BCUT2D eigenvalue weighted by atomic mass is 16.6. The predicted octanol–water partition coefficient (Wildman–Crippen LogP) is 3.16. The molecule has 0 aliphatic heterocycles. The van der Waals surface area contributed by atoms with Gasteiger partial charge in [-0.05, 0) is 44.0 Å². The number of nitro benzene ring substituents is 1. The molecule has 8 heteroatoms. The summed E-state index contributed by atoms with van der Waals surface area (Å²) in [5, 5.41) is 17.1. The van der Waals surface area contributed by atoms with E-state index in [0.29, 0.717) is 5.69 Å². The first-order valence-corrected chi connectivity index (χ1v) is 8.56. The fourth-order valence-electron chi connectivity index (χ4n) is 2.42. The number of hydrogen-bond donors (Lipinski definition) is 2. The number of ether oxygens (including phenoxy) is 1. The van der Waals surface area contributed by atoms with Gasteiger partial charge in [0.25, 0.3) is 11.6 Å². The van der Waals surface area contributed by atoms with Gasteiger partial charge in [0.15, 0.2) is 6.10 Å². The van der Waals surface area contributed by atoms with E-state index in [4.69, 9.17) is 4.74 Å². The van der Waals surface area contributed by atoms with Crippen molar-refractivity contribution in [3.05, 3.63) is 64.2 Å². The predicted molar refractivity (Wildman–Crippen MR) is 98.9 cm³/mol. The Hall–Kier alpha value is -3.42. The van der Waals surface area contributed by atoms with Crippen LogP contribution in [-0.4, -0.2) is 28.9 Å². The number of nitrogens with one attached hydrogen (secondary N) is 2. The van der Waals surface area contributed by atoms with Crippen LogP contribution >= 0.6 is 0 Å². The van der Waals surface area contributed by atoms with Crippen molar-refractivity contribution in [3.63, 3.8) is 0 Å². The zero-order valence-corrected chi connectivity index (χ0v) is 14.7. The largest absolute Gasteiger partial charge is 0.449 e. The van der Waals surface area contributed by atoms with Crippen LogP contribution in [0.25, 0.3) is 0 Å². The number of anilines is 2. The van der Waals surface area contributed by atoms with E-state index in [9.17, 15) is 19.7 Å². The molecule has 2 N–H and O–H groups in total. The third-order valence-corrected chi connectivity index (χ3v) is 4.06. The minimum absolute atomic E-state index is 0.00591. The van der Waals surface area contributed by atoms with Gasteiger partial charge in [-0.15, -0.1) is 0 Å². The van der Waals surface area contributed by atoms with Crippen LogP contribution in [0.1, 0.15) is 30.1 Å². The summed E-state index contributed by atoms with van der Waals surface area (Å²) in [7, 11) is 0. The summed E-state index contributed by atoms with van der Waals surface area (Å²) >= 11 is 0. The number of nitrogens with zero attached hydrogens (tertiary/aromatic N) is 1. The Morgan fingerprint density at radius 1 is 1.19 bits per heavy atom. The van der Waals surface area contributed by atoms with Gasteiger partial charge in [0.05, 0.1) is 10.5 Å². The minimum atomic E-state index is -0.973. The van der Waals surface area contributed by atoms with Crippen LogP contribution in [0.15, 0.2) is 48.5 Å². The third-order valence-electron chi connectivity index (χ3n) is 4.06. The molecule has 8 nitrogen and oxygen atoms in total. The first kappa shape index (κ1) is 18.4. The topological polar surface area (TPSA) is 111 Å². The van der Waals surface area contributed by atoms with Crippen LogP contribution in [0.2, 0.25) is 0 Å². The number of benzene rings is 2. The van der Waals surface area contributed by atoms with E-state index < -0.39 is 17.0 Å². The van der Waals surface area contributed by atoms with Crippen LogP contribution in [0.4, 0.5) is 17.1 Å². The van der Waals surface area contributed by atoms with Gasteiger partial charge in [-0.1, -0.05) is 18.2 Å². The molecule has 0 heterocycles. The lowest BCUT2D eigenvalue weighted by Gasteiger charge is -2.13. The molecule has 0 saturated heterocycles. The van der Waals surface area contributed by atoms with Crippen LogP contribution < -0.4 is 10.6 Å². The lowest BCUT2D eigenvalue weighted by atomic mass is 10.1.